The first-order valence-electron chi connectivity index (χ1n) is 4.93. The zero-order chi connectivity index (χ0) is 12.7. The van der Waals surface area contributed by atoms with Crippen LogP contribution in [0.4, 0.5) is 0 Å². The zero-order valence-corrected chi connectivity index (χ0v) is 10.4. The fraction of sp³-hybridized carbons (Fsp3) is 0.556. The standard InChI is InChI=1S/C9H13N5O2S/c1-6-5-17-8(13-6)7(9(15)16-2)11-3-4-12-14-10/h5,7,11H,3-4H2,1-2H3. The molecule has 0 fully saturated rings. The molecule has 0 aliphatic heterocycles. The molecule has 0 aliphatic carbocycles. The van der Waals surface area contributed by atoms with Crippen molar-refractivity contribution >= 4 is 17.3 Å². The minimum Gasteiger partial charge on any atom is -0.468 e. The maximum atomic E-state index is 11.6. The van der Waals surface area contributed by atoms with Gasteiger partial charge in [0, 0.05) is 29.1 Å². The Morgan fingerprint density at radius 2 is 2.59 bits per heavy atom. The highest BCUT2D eigenvalue weighted by Crippen LogP contribution is 2.19. The number of rotatable bonds is 6. The van der Waals surface area contributed by atoms with Gasteiger partial charge in [0.05, 0.1) is 7.11 Å². The molecule has 1 aromatic heterocycles. The number of thiazole rings is 1. The molecule has 1 aromatic rings. The van der Waals surface area contributed by atoms with Gasteiger partial charge in [0.1, 0.15) is 5.01 Å². The molecule has 0 bridgehead atoms. The summed E-state index contributed by atoms with van der Waals surface area (Å²) in [5, 5.41) is 8.83. The van der Waals surface area contributed by atoms with Gasteiger partial charge in [-0.05, 0) is 12.5 Å². The van der Waals surface area contributed by atoms with E-state index >= 15 is 0 Å². The molecule has 8 heteroatoms. The summed E-state index contributed by atoms with van der Waals surface area (Å²) in [5.41, 5.74) is 8.99. The Morgan fingerprint density at radius 3 is 3.12 bits per heavy atom. The van der Waals surface area contributed by atoms with Crippen molar-refractivity contribution in [3.05, 3.63) is 26.5 Å². The van der Waals surface area contributed by atoms with Crippen molar-refractivity contribution in [1.82, 2.24) is 10.3 Å². The summed E-state index contributed by atoms with van der Waals surface area (Å²) in [6, 6.07) is -0.604. The Hall–Kier alpha value is -1.63. The van der Waals surface area contributed by atoms with Crippen LogP contribution >= 0.6 is 11.3 Å². The van der Waals surface area contributed by atoms with Crippen molar-refractivity contribution in [3.63, 3.8) is 0 Å². The molecule has 0 radical (unpaired) electrons. The van der Waals surface area contributed by atoms with Gasteiger partial charge in [-0.3, -0.25) is 5.32 Å². The van der Waals surface area contributed by atoms with Crippen LogP contribution in [0.2, 0.25) is 0 Å². The topological polar surface area (TPSA) is 100.0 Å². The number of aromatic nitrogens is 1. The molecule has 1 N–H and O–H groups in total. The lowest BCUT2D eigenvalue weighted by Gasteiger charge is -2.12. The fourth-order valence-electron chi connectivity index (χ4n) is 1.20. The predicted molar refractivity (Wildman–Crippen MR) is 63.6 cm³/mol. The van der Waals surface area contributed by atoms with Gasteiger partial charge in [0.25, 0.3) is 0 Å². The molecule has 0 saturated heterocycles. The Balaban J connectivity index is 2.67. The van der Waals surface area contributed by atoms with E-state index in [2.05, 4.69) is 20.3 Å². The molecule has 1 heterocycles. The zero-order valence-electron chi connectivity index (χ0n) is 9.58. The van der Waals surface area contributed by atoms with E-state index in [0.29, 0.717) is 11.6 Å². The second kappa shape index (κ2) is 6.85. The van der Waals surface area contributed by atoms with Gasteiger partial charge in [-0.2, -0.15) is 0 Å². The average Bonchev–Trinajstić information content (AvgIpc) is 2.75. The summed E-state index contributed by atoms with van der Waals surface area (Å²) in [6.07, 6.45) is 0. The van der Waals surface area contributed by atoms with Gasteiger partial charge in [0.15, 0.2) is 6.04 Å². The number of carbonyl (C=O) groups is 1. The summed E-state index contributed by atoms with van der Waals surface area (Å²) in [4.78, 5) is 18.4. The molecule has 0 saturated carbocycles. The molecule has 0 amide bonds. The highest BCUT2D eigenvalue weighted by Gasteiger charge is 2.23. The normalized spacial score (nSPS) is 11.6. The third kappa shape index (κ3) is 4.03. The minimum absolute atomic E-state index is 0.272. The van der Waals surface area contributed by atoms with E-state index in [0.717, 1.165) is 5.69 Å². The Kier molecular flexibility index (Phi) is 5.41. The van der Waals surface area contributed by atoms with E-state index in [9.17, 15) is 4.79 Å². The third-order valence-electron chi connectivity index (χ3n) is 1.94. The van der Waals surface area contributed by atoms with Gasteiger partial charge >= 0.3 is 5.97 Å². The number of azide groups is 1. The van der Waals surface area contributed by atoms with Gasteiger partial charge in [-0.1, -0.05) is 5.11 Å². The molecule has 0 aliphatic rings. The number of nitrogens with zero attached hydrogens (tertiary/aromatic N) is 4. The summed E-state index contributed by atoms with van der Waals surface area (Å²) in [5.74, 6) is -0.403. The SMILES string of the molecule is COC(=O)C(NCCN=[N+]=[N-])c1nc(C)cs1. The Bertz CT molecular complexity index is 427. The molecule has 1 rings (SSSR count). The van der Waals surface area contributed by atoms with Crippen LogP contribution in [0.3, 0.4) is 0 Å². The summed E-state index contributed by atoms with van der Waals surface area (Å²) >= 11 is 1.39. The molecular formula is C9H13N5O2S. The molecule has 0 aromatic carbocycles. The number of esters is 1. The molecular weight excluding hydrogens is 242 g/mol. The molecule has 17 heavy (non-hydrogen) atoms. The molecule has 0 spiro atoms. The number of nitrogens with one attached hydrogen (secondary N) is 1. The van der Waals surface area contributed by atoms with E-state index in [1.807, 2.05) is 12.3 Å². The molecule has 1 atom stereocenters. The van der Waals surface area contributed by atoms with Gasteiger partial charge < -0.3 is 4.74 Å². The van der Waals surface area contributed by atoms with Crippen LogP contribution in [-0.4, -0.2) is 31.2 Å². The third-order valence-corrected chi connectivity index (χ3v) is 2.97. The number of aryl methyl sites for hydroxylation is 1. The molecule has 1 unspecified atom stereocenters. The average molecular weight is 255 g/mol. The lowest BCUT2D eigenvalue weighted by molar-refractivity contribution is -0.143. The van der Waals surface area contributed by atoms with E-state index in [4.69, 9.17) is 10.3 Å². The number of carbonyl (C=O) groups excluding carboxylic acids is 1. The number of hydrogen-bond acceptors (Lipinski definition) is 6. The number of ether oxygens (including phenoxy) is 1. The lowest BCUT2D eigenvalue weighted by atomic mass is 10.3. The van der Waals surface area contributed by atoms with Crippen molar-refractivity contribution in [1.29, 1.82) is 0 Å². The minimum atomic E-state index is -0.604. The fourth-order valence-corrected chi connectivity index (χ4v) is 2.05. The summed E-state index contributed by atoms with van der Waals surface area (Å²) in [7, 11) is 1.32. The number of methoxy groups -OCH3 is 1. The van der Waals surface area contributed by atoms with Crippen LogP contribution in [-0.2, 0) is 9.53 Å². The summed E-state index contributed by atoms with van der Waals surface area (Å²) < 4.78 is 4.69. The summed E-state index contributed by atoms with van der Waals surface area (Å²) in [6.45, 7) is 2.52. The maximum absolute atomic E-state index is 11.6. The maximum Gasteiger partial charge on any atom is 0.330 e. The van der Waals surface area contributed by atoms with Crippen molar-refractivity contribution in [2.24, 2.45) is 5.11 Å². The first-order valence-corrected chi connectivity index (χ1v) is 5.81. The Morgan fingerprint density at radius 1 is 1.82 bits per heavy atom. The Labute approximate surface area is 102 Å². The van der Waals surface area contributed by atoms with E-state index in [1.54, 1.807) is 0 Å². The lowest BCUT2D eigenvalue weighted by Crippen LogP contribution is -2.31. The van der Waals surface area contributed by atoms with E-state index < -0.39 is 12.0 Å². The van der Waals surface area contributed by atoms with Gasteiger partial charge in [-0.25, -0.2) is 9.78 Å². The predicted octanol–water partition coefficient (Wildman–Crippen LogP) is 1.57. The van der Waals surface area contributed by atoms with Crippen molar-refractivity contribution < 1.29 is 9.53 Å². The molecule has 7 nitrogen and oxygen atoms in total. The first-order chi connectivity index (χ1) is 8.19. The van der Waals surface area contributed by atoms with Gasteiger partial charge in [0.2, 0.25) is 0 Å². The number of hydrogen-bond donors (Lipinski definition) is 1. The van der Waals surface area contributed by atoms with Gasteiger partial charge in [-0.15, -0.1) is 11.3 Å². The quantitative estimate of drug-likeness (QED) is 0.274. The van der Waals surface area contributed by atoms with Crippen LogP contribution in [0.15, 0.2) is 10.5 Å². The smallest absolute Gasteiger partial charge is 0.330 e. The van der Waals surface area contributed by atoms with E-state index in [-0.39, 0.29) is 6.54 Å². The van der Waals surface area contributed by atoms with Crippen LogP contribution in [0, 0.1) is 6.92 Å². The molecule has 92 valence electrons. The van der Waals surface area contributed by atoms with Crippen molar-refractivity contribution in [2.45, 2.75) is 13.0 Å². The second-order valence-electron chi connectivity index (χ2n) is 3.19. The van der Waals surface area contributed by atoms with Crippen LogP contribution < -0.4 is 5.32 Å². The first kappa shape index (κ1) is 13.4. The highest BCUT2D eigenvalue weighted by atomic mass is 32.1. The van der Waals surface area contributed by atoms with Crippen LogP contribution in [0.25, 0.3) is 10.4 Å². The van der Waals surface area contributed by atoms with Crippen LogP contribution in [0.5, 0.6) is 0 Å². The monoisotopic (exact) mass is 255 g/mol. The highest BCUT2D eigenvalue weighted by molar-refractivity contribution is 7.09. The van der Waals surface area contributed by atoms with Crippen LogP contribution in [0.1, 0.15) is 16.7 Å². The van der Waals surface area contributed by atoms with Crippen molar-refractivity contribution in [3.8, 4) is 0 Å². The second-order valence-corrected chi connectivity index (χ2v) is 4.08. The largest absolute Gasteiger partial charge is 0.468 e. The van der Waals surface area contributed by atoms with Crippen molar-refractivity contribution in [2.75, 3.05) is 20.2 Å². The van der Waals surface area contributed by atoms with E-state index in [1.165, 1.54) is 18.4 Å².